The van der Waals surface area contributed by atoms with Crippen molar-refractivity contribution in [1.29, 1.82) is 0 Å². The van der Waals surface area contributed by atoms with Gasteiger partial charge in [-0.3, -0.25) is 0 Å². The fraction of sp³-hybridized carbons (Fsp3) is 0.500. The van der Waals surface area contributed by atoms with Crippen LogP contribution in [0.4, 0.5) is 0 Å². The highest BCUT2D eigenvalue weighted by molar-refractivity contribution is 5.35. The maximum absolute atomic E-state index is 5.76. The monoisotopic (exact) mass is 191 g/mol. The van der Waals surface area contributed by atoms with Gasteiger partial charge in [-0.25, -0.2) is 0 Å². The lowest BCUT2D eigenvalue weighted by molar-refractivity contribution is 0.198. The highest BCUT2D eigenvalue weighted by Gasteiger charge is 2.17. The Morgan fingerprint density at radius 3 is 2.71 bits per heavy atom. The molecule has 0 atom stereocenters. The molecule has 1 aromatic rings. The van der Waals surface area contributed by atoms with E-state index in [1.54, 1.807) is 0 Å². The molecule has 0 amide bonds. The maximum atomic E-state index is 5.76. The number of benzene rings is 1. The molecule has 1 aromatic carbocycles. The summed E-state index contributed by atoms with van der Waals surface area (Å²) in [4.78, 5) is 0. The van der Waals surface area contributed by atoms with Gasteiger partial charge in [0.25, 0.3) is 0 Å². The first-order chi connectivity index (χ1) is 6.75. The molecule has 0 spiro atoms. The molecule has 0 saturated carbocycles. The van der Waals surface area contributed by atoms with Crippen molar-refractivity contribution in [2.24, 2.45) is 5.92 Å². The van der Waals surface area contributed by atoms with Crippen LogP contribution >= 0.6 is 0 Å². The molecule has 2 rings (SSSR count). The van der Waals surface area contributed by atoms with Crippen molar-refractivity contribution >= 4 is 0 Å². The fourth-order valence-corrected chi connectivity index (χ4v) is 1.64. The minimum Gasteiger partial charge on any atom is -0.493 e. The van der Waals surface area contributed by atoms with Gasteiger partial charge in [-0.05, 0) is 25.5 Å². The van der Waals surface area contributed by atoms with E-state index in [1.807, 2.05) is 0 Å². The highest BCUT2D eigenvalue weighted by atomic mass is 16.5. The number of aryl methyl sites for hydroxylation is 2. The maximum Gasteiger partial charge on any atom is 0.122 e. The van der Waals surface area contributed by atoms with Crippen molar-refractivity contribution in [3.63, 3.8) is 0 Å². The van der Waals surface area contributed by atoms with Gasteiger partial charge in [0.1, 0.15) is 5.75 Å². The largest absolute Gasteiger partial charge is 0.493 e. The molecule has 1 fully saturated rings. The van der Waals surface area contributed by atoms with Crippen molar-refractivity contribution in [3.8, 4) is 5.75 Å². The third-order valence-corrected chi connectivity index (χ3v) is 2.67. The number of hydrogen-bond acceptors (Lipinski definition) is 2. The Morgan fingerprint density at radius 1 is 1.36 bits per heavy atom. The summed E-state index contributed by atoms with van der Waals surface area (Å²) in [7, 11) is 0. The second-order valence-corrected chi connectivity index (χ2v) is 4.10. The molecule has 0 unspecified atom stereocenters. The Kier molecular flexibility index (Phi) is 2.73. The number of nitrogens with one attached hydrogen (secondary N) is 1. The molecule has 0 bridgehead atoms. The van der Waals surface area contributed by atoms with Gasteiger partial charge in [-0.1, -0.05) is 17.7 Å². The van der Waals surface area contributed by atoms with Gasteiger partial charge in [0, 0.05) is 19.0 Å². The van der Waals surface area contributed by atoms with Crippen LogP contribution < -0.4 is 10.1 Å². The molecule has 1 saturated heterocycles. The van der Waals surface area contributed by atoms with Crippen LogP contribution in [0.25, 0.3) is 0 Å². The van der Waals surface area contributed by atoms with Crippen LogP contribution in [0.1, 0.15) is 11.1 Å². The zero-order chi connectivity index (χ0) is 9.97. The van der Waals surface area contributed by atoms with Crippen LogP contribution in [0.2, 0.25) is 0 Å². The summed E-state index contributed by atoms with van der Waals surface area (Å²) in [6.07, 6.45) is 0. The molecule has 1 aliphatic heterocycles. The van der Waals surface area contributed by atoms with E-state index < -0.39 is 0 Å². The Balaban J connectivity index is 1.94. The van der Waals surface area contributed by atoms with Crippen LogP contribution in [0.3, 0.4) is 0 Å². The molecule has 0 aromatic heterocycles. The Bertz CT molecular complexity index is 318. The minimum atomic E-state index is 0.704. The summed E-state index contributed by atoms with van der Waals surface area (Å²) >= 11 is 0. The Morgan fingerprint density at radius 2 is 2.14 bits per heavy atom. The first kappa shape index (κ1) is 9.53. The molecule has 0 radical (unpaired) electrons. The zero-order valence-corrected chi connectivity index (χ0v) is 8.84. The van der Waals surface area contributed by atoms with E-state index in [0.717, 1.165) is 25.4 Å². The second kappa shape index (κ2) is 4.01. The lowest BCUT2D eigenvalue weighted by atomic mass is 10.1. The zero-order valence-electron chi connectivity index (χ0n) is 8.84. The summed E-state index contributed by atoms with van der Waals surface area (Å²) in [5, 5.41) is 3.24. The molecule has 76 valence electrons. The standard InChI is InChI=1S/C12H17NO/c1-9-3-4-12(10(2)5-9)14-8-11-6-13-7-11/h3-5,11,13H,6-8H2,1-2H3. The molecular formula is C12H17NO. The summed E-state index contributed by atoms with van der Waals surface area (Å²) in [5.41, 5.74) is 2.53. The van der Waals surface area contributed by atoms with E-state index >= 15 is 0 Å². The smallest absolute Gasteiger partial charge is 0.122 e. The van der Waals surface area contributed by atoms with Crippen molar-refractivity contribution in [1.82, 2.24) is 5.32 Å². The fourth-order valence-electron chi connectivity index (χ4n) is 1.64. The van der Waals surface area contributed by atoms with Gasteiger partial charge in [0.05, 0.1) is 6.61 Å². The Labute approximate surface area is 85.3 Å². The van der Waals surface area contributed by atoms with Crippen molar-refractivity contribution in [2.75, 3.05) is 19.7 Å². The second-order valence-electron chi connectivity index (χ2n) is 4.10. The summed E-state index contributed by atoms with van der Waals surface area (Å²) < 4.78 is 5.76. The van der Waals surface area contributed by atoms with Crippen LogP contribution in [-0.2, 0) is 0 Å². The average molecular weight is 191 g/mol. The van der Waals surface area contributed by atoms with E-state index in [0.29, 0.717) is 5.92 Å². The predicted octanol–water partition coefficient (Wildman–Crippen LogP) is 1.90. The van der Waals surface area contributed by atoms with Crippen LogP contribution in [0.5, 0.6) is 5.75 Å². The molecule has 14 heavy (non-hydrogen) atoms. The van der Waals surface area contributed by atoms with Gasteiger partial charge in [-0.2, -0.15) is 0 Å². The number of hydrogen-bond donors (Lipinski definition) is 1. The predicted molar refractivity (Wildman–Crippen MR) is 57.8 cm³/mol. The molecule has 2 heteroatoms. The van der Waals surface area contributed by atoms with Crippen molar-refractivity contribution < 1.29 is 4.74 Å². The molecular weight excluding hydrogens is 174 g/mol. The van der Waals surface area contributed by atoms with E-state index in [9.17, 15) is 0 Å². The normalized spacial score (nSPS) is 16.4. The molecule has 1 heterocycles. The third-order valence-electron chi connectivity index (χ3n) is 2.67. The SMILES string of the molecule is Cc1ccc(OCC2CNC2)c(C)c1. The first-order valence-corrected chi connectivity index (χ1v) is 5.16. The molecule has 2 nitrogen and oxygen atoms in total. The minimum absolute atomic E-state index is 0.704. The lowest BCUT2D eigenvalue weighted by Crippen LogP contribution is -2.45. The average Bonchev–Trinajstić information content (AvgIpc) is 2.05. The molecule has 1 N–H and O–H groups in total. The molecule has 0 aliphatic carbocycles. The van der Waals surface area contributed by atoms with Crippen LogP contribution in [0.15, 0.2) is 18.2 Å². The van der Waals surface area contributed by atoms with E-state index in [1.165, 1.54) is 11.1 Å². The van der Waals surface area contributed by atoms with Crippen molar-refractivity contribution in [2.45, 2.75) is 13.8 Å². The summed E-state index contributed by atoms with van der Waals surface area (Å²) in [5.74, 6) is 1.73. The van der Waals surface area contributed by atoms with Crippen LogP contribution in [-0.4, -0.2) is 19.7 Å². The molecule has 1 aliphatic rings. The third kappa shape index (κ3) is 2.07. The quantitative estimate of drug-likeness (QED) is 0.788. The van der Waals surface area contributed by atoms with Gasteiger partial charge >= 0.3 is 0 Å². The van der Waals surface area contributed by atoms with E-state index in [4.69, 9.17) is 4.74 Å². The van der Waals surface area contributed by atoms with E-state index in [2.05, 4.69) is 37.4 Å². The van der Waals surface area contributed by atoms with Crippen molar-refractivity contribution in [3.05, 3.63) is 29.3 Å². The Hall–Kier alpha value is -1.02. The van der Waals surface area contributed by atoms with E-state index in [-0.39, 0.29) is 0 Å². The van der Waals surface area contributed by atoms with Gasteiger partial charge in [-0.15, -0.1) is 0 Å². The highest BCUT2D eigenvalue weighted by Crippen LogP contribution is 2.19. The van der Waals surface area contributed by atoms with Crippen LogP contribution in [0, 0.1) is 19.8 Å². The topological polar surface area (TPSA) is 21.3 Å². The van der Waals surface area contributed by atoms with Gasteiger partial charge in [0.15, 0.2) is 0 Å². The van der Waals surface area contributed by atoms with Gasteiger partial charge < -0.3 is 10.1 Å². The lowest BCUT2D eigenvalue weighted by Gasteiger charge is -2.27. The number of rotatable bonds is 3. The number of ether oxygens (including phenoxy) is 1. The first-order valence-electron chi connectivity index (χ1n) is 5.16. The summed E-state index contributed by atoms with van der Waals surface area (Å²) in [6, 6.07) is 6.33. The van der Waals surface area contributed by atoms with Gasteiger partial charge in [0.2, 0.25) is 0 Å². The summed E-state index contributed by atoms with van der Waals surface area (Å²) in [6.45, 7) is 7.25.